The zero-order valence-corrected chi connectivity index (χ0v) is 17.7. The molecule has 0 spiro atoms. The largest absolute Gasteiger partial charge is 0.216 e. The fourth-order valence-electron chi connectivity index (χ4n) is 3.83. The standard InChI is InChI=1S/C25H29N3/c1-18-14-20-10-7-8-11-21(20)17-27(18)23-15-22(25(3,4)5)16-24(19(23)2)28-13-9-12-26(28)6/h7-17H,1-6H3/q+2. The van der Waals surface area contributed by atoms with Gasteiger partial charge in [-0.25, -0.2) is 0 Å². The predicted octanol–water partition coefficient (Wildman–Crippen LogP) is 4.65. The number of hydrogen-bond donors (Lipinski definition) is 0. The minimum atomic E-state index is 0.0637. The molecule has 3 nitrogen and oxygen atoms in total. The first-order chi connectivity index (χ1) is 13.3. The number of fused-ring (bicyclic) bond motifs is 1. The Balaban J connectivity index is 2.04. The van der Waals surface area contributed by atoms with E-state index in [1.165, 1.54) is 39.0 Å². The van der Waals surface area contributed by atoms with Crippen molar-refractivity contribution in [1.29, 1.82) is 0 Å². The average Bonchev–Trinajstić information content (AvgIpc) is 3.06. The molecule has 0 fully saturated rings. The van der Waals surface area contributed by atoms with Gasteiger partial charge in [0.15, 0.2) is 25.1 Å². The maximum absolute atomic E-state index is 2.35. The van der Waals surface area contributed by atoms with Gasteiger partial charge in [-0.05, 0) is 35.4 Å². The summed E-state index contributed by atoms with van der Waals surface area (Å²) in [7, 11) is 2.08. The van der Waals surface area contributed by atoms with Crippen LogP contribution in [-0.2, 0) is 12.5 Å². The lowest BCUT2D eigenvalue weighted by atomic mass is 9.85. The fourth-order valence-corrected chi connectivity index (χ4v) is 3.83. The van der Waals surface area contributed by atoms with E-state index in [0.717, 1.165) is 0 Å². The summed E-state index contributed by atoms with van der Waals surface area (Å²) in [6.45, 7) is 11.2. The fraction of sp³-hybridized carbons (Fsp3) is 0.280. The number of aryl methyl sites for hydroxylation is 2. The Morgan fingerprint density at radius 3 is 2.25 bits per heavy atom. The van der Waals surface area contributed by atoms with Gasteiger partial charge in [-0.15, -0.1) is 9.36 Å². The third-order valence-electron chi connectivity index (χ3n) is 5.60. The summed E-state index contributed by atoms with van der Waals surface area (Å²) in [6.07, 6.45) is 6.46. The van der Waals surface area contributed by atoms with E-state index in [0.29, 0.717) is 0 Å². The molecule has 2 heterocycles. The highest BCUT2D eigenvalue weighted by molar-refractivity contribution is 5.81. The molecule has 0 N–H and O–H groups in total. The van der Waals surface area contributed by atoms with Gasteiger partial charge in [-0.3, -0.25) is 0 Å². The first-order valence-electron chi connectivity index (χ1n) is 9.86. The van der Waals surface area contributed by atoms with Crippen LogP contribution in [0, 0.1) is 13.8 Å². The molecule has 142 valence electrons. The van der Waals surface area contributed by atoms with Crippen molar-refractivity contribution >= 4 is 10.8 Å². The molecule has 0 bridgehead atoms. The molecule has 2 aromatic carbocycles. The molecular formula is C25H29N3+2. The van der Waals surface area contributed by atoms with E-state index < -0.39 is 0 Å². The van der Waals surface area contributed by atoms with E-state index in [-0.39, 0.29) is 5.41 Å². The minimum Gasteiger partial charge on any atom is -0.164 e. The van der Waals surface area contributed by atoms with Crippen molar-refractivity contribution in [3.8, 4) is 11.4 Å². The maximum Gasteiger partial charge on any atom is 0.216 e. The predicted molar refractivity (Wildman–Crippen MR) is 114 cm³/mol. The second-order valence-electron chi connectivity index (χ2n) is 8.71. The summed E-state index contributed by atoms with van der Waals surface area (Å²) in [5, 5.41) is 2.53. The van der Waals surface area contributed by atoms with Crippen molar-refractivity contribution in [1.82, 2.24) is 4.68 Å². The molecule has 0 saturated carbocycles. The maximum atomic E-state index is 2.35. The Morgan fingerprint density at radius 1 is 0.893 bits per heavy atom. The monoisotopic (exact) mass is 371 g/mol. The van der Waals surface area contributed by atoms with Crippen LogP contribution in [0.15, 0.2) is 67.1 Å². The number of aromatic nitrogens is 3. The van der Waals surface area contributed by atoms with Gasteiger partial charge in [0, 0.05) is 30.5 Å². The van der Waals surface area contributed by atoms with Crippen molar-refractivity contribution < 1.29 is 9.25 Å². The summed E-state index contributed by atoms with van der Waals surface area (Å²) in [4.78, 5) is 0. The highest BCUT2D eigenvalue weighted by Gasteiger charge is 2.25. The van der Waals surface area contributed by atoms with Crippen LogP contribution in [-0.4, -0.2) is 4.68 Å². The van der Waals surface area contributed by atoms with E-state index >= 15 is 0 Å². The normalized spacial score (nSPS) is 11.9. The van der Waals surface area contributed by atoms with Crippen molar-refractivity contribution in [3.63, 3.8) is 0 Å². The zero-order valence-electron chi connectivity index (χ0n) is 17.7. The highest BCUT2D eigenvalue weighted by atomic mass is 15.4. The quantitative estimate of drug-likeness (QED) is 0.455. The lowest BCUT2D eigenvalue weighted by Crippen LogP contribution is -2.39. The zero-order chi connectivity index (χ0) is 20.1. The molecule has 0 radical (unpaired) electrons. The van der Waals surface area contributed by atoms with E-state index in [9.17, 15) is 0 Å². The van der Waals surface area contributed by atoms with Crippen LogP contribution in [0.3, 0.4) is 0 Å². The van der Waals surface area contributed by atoms with Crippen LogP contribution in [0.25, 0.3) is 22.1 Å². The third kappa shape index (κ3) is 3.11. The number of nitrogens with zero attached hydrogens (tertiary/aromatic N) is 3. The molecular weight excluding hydrogens is 342 g/mol. The van der Waals surface area contributed by atoms with Gasteiger partial charge in [0.1, 0.15) is 5.69 Å². The smallest absolute Gasteiger partial charge is 0.164 e. The first kappa shape index (κ1) is 18.4. The molecule has 2 aromatic heterocycles. The van der Waals surface area contributed by atoms with Gasteiger partial charge in [-0.2, -0.15) is 4.57 Å². The van der Waals surface area contributed by atoms with E-state index in [1.54, 1.807) is 0 Å². The molecule has 4 aromatic rings. The topological polar surface area (TPSA) is 12.7 Å². The average molecular weight is 372 g/mol. The number of rotatable bonds is 2. The van der Waals surface area contributed by atoms with E-state index in [1.807, 2.05) is 0 Å². The van der Waals surface area contributed by atoms with E-state index in [4.69, 9.17) is 0 Å². The van der Waals surface area contributed by atoms with Crippen LogP contribution in [0.4, 0.5) is 0 Å². The third-order valence-corrected chi connectivity index (χ3v) is 5.60. The summed E-state index contributed by atoms with van der Waals surface area (Å²) < 4.78 is 6.67. The van der Waals surface area contributed by atoms with Crippen molar-refractivity contribution in [2.75, 3.05) is 0 Å². The van der Waals surface area contributed by atoms with Crippen molar-refractivity contribution in [2.45, 2.75) is 40.0 Å². The Hall–Kier alpha value is -2.94. The number of hydrogen-bond acceptors (Lipinski definition) is 0. The second kappa shape index (κ2) is 6.59. The molecule has 0 aliphatic heterocycles. The van der Waals surface area contributed by atoms with Crippen molar-refractivity contribution in [3.05, 3.63) is 83.9 Å². The summed E-state index contributed by atoms with van der Waals surface area (Å²) >= 11 is 0. The Labute approximate surface area is 167 Å². The number of benzene rings is 2. The summed E-state index contributed by atoms with van der Waals surface area (Å²) in [5.41, 5.74) is 6.35. The second-order valence-corrected chi connectivity index (χ2v) is 8.71. The van der Waals surface area contributed by atoms with Crippen LogP contribution in [0.1, 0.15) is 37.6 Å². The lowest BCUT2D eigenvalue weighted by molar-refractivity contribution is -0.744. The van der Waals surface area contributed by atoms with Gasteiger partial charge < -0.3 is 0 Å². The molecule has 4 rings (SSSR count). The van der Waals surface area contributed by atoms with Crippen LogP contribution < -0.4 is 9.25 Å². The molecule has 0 amide bonds. The Kier molecular flexibility index (Phi) is 4.34. The molecule has 0 unspecified atom stereocenters. The van der Waals surface area contributed by atoms with Crippen LogP contribution in [0.2, 0.25) is 0 Å². The molecule has 28 heavy (non-hydrogen) atoms. The van der Waals surface area contributed by atoms with Gasteiger partial charge in [-0.1, -0.05) is 39.0 Å². The summed E-state index contributed by atoms with van der Waals surface area (Å²) in [5.74, 6) is 0. The lowest BCUT2D eigenvalue weighted by Gasteiger charge is -2.21. The molecule has 3 heteroatoms. The van der Waals surface area contributed by atoms with Gasteiger partial charge in [0.05, 0.1) is 11.8 Å². The first-order valence-corrected chi connectivity index (χ1v) is 9.86. The Morgan fingerprint density at radius 2 is 1.61 bits per heavy atom. The highest BCUT2D eigenvalue weighted by Crippen LogP contribution is 2.29. The summed E-state index contributed by atoms with van der Waals surface area (Å²) in [6, 6.07) is 17.6. The van der Waals surface area contributed by atoms with Gasteiger partial charge in [0.2, 0.25) is 5.69 Å². The molecule has 0 saturated heterocycles. The Bertz CT molecular complexity index is 1180. The number of pyridine rings is 1. The van der Waals surface area contributed by atoms with Gasteiger partial charge in [0.25, 0.3) is 0 Å². The van der Waals surface area contributed by atoms with Crippen LogP contribution in [0.5, 0.6) is 0 Å². The SMILES string of the molecule is Cc1c(-n2ccc[n+]2C)cc(C(C)(C)C)cc1-[n+]1cc2ccccc2cc1C. The molecule has 0 aliphatic rings. The minimum absolute atomic E-state index is 0.0637. The van der Waals surface area contributed by atoms with E-state index in [2.05, 4.69) is 123 Å². The van der Waals surface area contributed by atoms with Gasteiger partial charge >= 0.3 is 0 Å². The molecule has 0 atom stereocenters. The van der Waals surface area contributed by atoms with Crippen molar-refractivity contribution in [2.24, 2.45) is 7.05 Å². The van der Waals surface area contributed by atoms with Crippen LogP contribution >= 0.6 is 0 Å². The molecule has 0 aliphatic carbocycles.